The van der Waals surface area contributed by atoms with Crippen molar-refractivity contribution in [2.75, 3.05) is 20.3 Å². The first-order chi connectivity index (χ1) is 7.04. The molecule has 0 saturated carbocycles. The van der Waals surface area contributed by atoms with Crippen LogP contribution < -0.4 is 0 Å². The van der Waals surface area contributed by atoms with Crippen molar-refractivity contribution in [3.63, 3.8) is 0 Å². The molecule has 88 valence electrons. The van der Waals surface area contributed by atoms with Crippen LogP contribution in [0.3, 0.4) is 0 Å². The highest BCUT2D eigenvalue weighted by atomic mass is 16.5. The molecule has 0 N–H and O–H groups in total. The molecule has 2 atom stereocenters. The van der Waals surface area contributed by atoms with Gasteiger partial charge in [0.15, 0.2) is 0 Å². The highest BCUT2D eigenvalue weighted by Gasteiger charge is 2.29. The number of nitrogens with zero attached hydrogens (tertiary/aromatic N) is 1. The maximum atomic E-state index is 11.1. The molecule has 0 radical (unpaired) electrons. The Morgan fingerprint density at radius 2 is 2.27 bits per heavy atom. The van der Waals surface area contributed by atoms with E-state index in [1.807, 2.05) is 0 Å². The summed E-state index contributed by atoms with van der Waals surface area (Å²) in [5.41, 5.74) is 0. The van der Waals surface area contributed by atoms with Gasteiger partial charge in [-0.15, -0.1) is 0 Å². The Bertz CT molecular complexity index is 218. The summed E-state index contributed by atoms with van der Waals surface area (Å²) < 4.78 is 10.2. The van der Waals surface area contributed by atoms with Crippen molar-refractivity contribution in [3.05, 3.63) is 0 Å². The largest absolute Gasteiger partial charge is 0.469 e. The van der Waals surface area contributed by atoms with E-state index in [1.165, 1.54) is 7.11 Å². The zero-order chi connectivity index (χ0) is 11.4. The summed E-state index contributed by atoms with van der Waals surface area (Å²) in [6.07, 6.45) is 0.336. The van der Waals surface area contributed by atoms with Crippen LogP contribution >= 0.6 is 0 Å². The second-order valence-corrected chi connectivity index (χ2v) is 4.38. The van der Waals surface area contributed by atoms with Crippen molar-refractivity contribution >= 4 is 5.97 Å². The second-order valence-electron chi connectivity index (χ2n) is 4.38. The molecule has 1 heterocycles. The zero-order valence-electron chi connectivity index (χ0n) is 10.0. The molecular weight excluding hydrogens is 194 g/mol. The third-order valence-electron chi connectivity index (χ3n) is 2.84. The van der Waals surface area contributed by atoms with Crippen molar-refractivity contribution in [1.82, 2.24) is 4.90 Å². The van der Waals surface area contributed by atoms with Gasteiger partial charge in [0.2, 0.25) is 0 Å². The van der Waals surface area contributed by atoms with E-state index < -0.39 is 0 Å². The summed E-state index contributed by atoms with van der Waals surface area (Å²) in [5.74, 6) is -0.196. The maximum absolute atomic E-state index is 11.1. The van der Waals surface area contributed by atoms with Gasteiger partial charge in [-0.25, -0.2) is 0 Å². The summed E-state index contributed by atoms with van der Waals surface area (Å²) in [6, 6.07) is 0.919. The molecule has 2 unspecified atom stereocenters. The minimum atomic E-state index is -0.196. The van der Waals surface area contributed by atoms with E-state index in [2.05, 4.69) is 30.4 Å². The molecule has 1 rings (SSSR count). The maximum Gasteiger partial charge on any atom is 0.308 e. The van der Waals surface area contributed by atoms with Gasteiger partial charge in [-0.1, -0.05) is 0 Å². The average molecular weight is 215 g/mol. The van der Waals surface area contributed by atoms with Crippen molar-refractivity contribution < 1.29 is 14.3 Å². The lowest BCUT2D eigenvalue weighted by Crippen LogP contribution is -2.51. The van der Waals surface area contributed by atoms with Crippen LogP contribution in [0.4, 0.5) is 0 Å². The van der Waals surface area contributed by atoms with Crippen LogP contribution in [0.1, 0.15) is 27.2 Å². The summed E-state index contributed by atoms with van der Waals surface area (Å²) in [7, 11) is 1.41. The van der Waals surface area contributed by atoms with Gasteiger partial charge in [0.25, 0.3) is 0 Å². The number of hydrogen-bond acceptors (Lipinski definition) is 4. The van der Waals surface area contributed by atoms with Gasteiger partial charge in [-0.2, -0.15) is 0 Å². The van der Waals surface area contributed by atoms with E-state index in [4.69, 9.17) is 4.74 Å². The topological polar surface area (TPSA) is 38.8 Å². The Morgan fingerprint density at radius 1 is 1.60 bits per heavy atom. The predicted molar refractivity (Wildman–Crippen MR) is 57.7 cm³/mol. The quantitative estimate of drug-likeness (QED) is 0.660. The lowest BCUT2D eigenvalue weighted by molar-refractivity contribution is -0.147. The van der Waals surface area contributed by atoms with Crippen LogP contribution in [0.15, 0.2) is 0 Å². The normalized spacial score (nSPS) is 28.1. The minimum absolute atomic E-state index is 0.0175. The lowest BCUT2D eigenvalue weighted by atomic mass is 10.1. The molecule has 1 aliphatic rings. The van der Waals surface area contributed by atoms with E-state index in [9.17, 15) is 4.79 Å². The molecule has 1 saturated heterocycles. The Hall–Kier alpha value is -0.610. The van der Waals surface area contributed by atoms with E-state index in [1.54, 1.807) is 0 Å². The molecule has 1 aliphatic heterocycles. The fourth-order valence-corrected chi connectivity index (χ4v) is 1.95. The monoisotopic (exact) mass is 215 g/mol. The number of carbonyl (C=O) groups is 1. The number of rotatable bonds is 3. The van der Waals surface area contributed by atoms with Crippen LogP contribution in [0.25, 0.3) is 0 Å². The van der Waals surface area contributed by atoms with E-state index in [0.717, 1.165) is 6.54 Å². The third-order valence-corrected chi connectivity index (χ3v) is 2.84. The molecule has 0 amide bonds. The molecule has 1 fully saturated rings. The fraction of sp³-hybridized carbons (Fsp3) is 0.909. The van der Waals surface area contributed by atoms with E-state index >= 15 is 0 Å². The van der Waals surface area contributed by atoms with E-state index in [0.29, 0.717) is 25.1 Å². The summed E-state index contributed by atoms with van der Waals surface area (Å²) in [6.45, 7) is 7.98. The molecule has 0 aromatic rings. The van der Waals surface area contributed by atoms with Crippen LogP contribution in [0.5, 0.6) is 0 Å². The average Bonchev–Trinajstić information content (AvgIpc) is 2.20. The van der Waals surface area contributed by atoms with Gasteiger partial charge in [0.05, 0.1) is 26.2 Å². The smallest absolute Gasteiger partial charge is 0.308 e. The Kier molecular flexibility index (Phi) is 4.54. The number of morpholine rings is 1. The van der Waals surface area contributed by atoms with Crippen LogP contribution in [0.2, 0.25) is 0 Å². The lowest BCUT2D eigenvalue weighted by Gasteiger charge is -2.40. The van der Waals surface area contributed by atoms with Crippen molar-refractivity contribution in [2.24, 2.45) is 0 Å². The summed E-state index contributed by atoms with van der Waals surface area (Å²) >= 11 is 0. The fourth-order valence-electron chi connectivity index (χ4n) is 1.95. The SMILES string of the molecule is COC(=O)CC1CN(C(C)C)C(C)CO1. The molecule has 4 nitrogen and oxygen atoms in total. The zero-order valence-corrected chi connectivity index (χ0v) is 10.0. The van der Waals surface area contributed by atoms with Crippen molar-refractivity contribution in [2.45, 2.75) is 45.4 Å². The molecule has 15 heavy (non-hydrogen) atoms. The second kappa shape index (κ2) is 5.47. The van der Waals surface area contributed by atoms with Crippen molar-refractivity contribution in [1.29, 1.82) is 0 Å². The number of carbonyl (C=O) groups excluding carboxylic acids is 1. The minimum Gasteiger partial charge on any atom is -0.469 e. The van der Waals surface area contributed by atoms with Gasteiger partial charge in [0, 0.05) is 18.6 Å². The van der Waals surface area contributed by atoms with Crippen LogP contribution in [-0.2, 0) is 14.3 Å². The van der Waals surface area contributed by atoms with Gasteiger partial charge in [0.1, 0.15) is 0 Å². The molecular formula is C11H21NO3. The van der Waals surface area contributed by atoms with Gasteiger partial charge in [-0.05, 0) is 20.8 Å². The summed E-state index contributed by atoms with van der Waals surface area (Å²) in [4.78, 5) is 13.5. The third kappa shape index (κ3) is 3.47. The first-order valence-corrected chi connectivity index (χ1v) is 5.48. The van der Waals surface area contributed by atoms with E-state index in [-0.39, 0.29) is 12.1 Å². The standard InChI is InChI=1S/C11H21NO3/c1-8(2)12-6-10(5-11(13)14-4)15-7-9(12)3/h8-10H,5-7H2,1-4H3. The Morgan fingerprint density at radius 3 is 2.80 bits per heavy atom. The van der Waals surface area contributed by atoms with Crippen LogP contribution in [0, 0.1) is 0 Å². The predicted octanol–water partition coefficient (Wildman–Crippen LogP) is 1.05. The van der Waals surface area contributed by atoms with Crippen molar-refractivity contribution in [3.8, 4) is 0 Å². The Balaban J connectivity index is 2.46. The molecule has 0 aliphatic carbocycles. The number of ether oxygens (including phenoxy) is 2. The molecule has 0 spiro atoms. The molecule has 0 bridgehead atoms. The Labute approximate surface area is 91.5 Å². The highest BCUT2D eigenvalue weighted by Crippen LogP contribution is 2.16. The number of esters is 1. The van der Waals surface area contributed by atoms with Gasteiger partial charge >= 0.3 is 5.97 Å². The number of methoxy groups -OCH3 is 1. The van der Waals surface area contributed by atoms with Gasteiger partial charge < -0.3 is 9.47 Å². The first-order valence-electron chi connectivity index (χ1n) is 5.48. The molecule has 4 heteroatoms. The summed E-state index contributed by atoms with van der Waals surface area (Å²) in [5, 5.41) is 0. The first kappa shape index (κ1) is 12.5. The molecule has 0 aromatic carbocycles. The number of hydrogen-bond donors (Lipinski definition) is 0. The van der Waals surface area contributed by atoms with Crippen LogP contribution in [-0.4, -0.2) is 49.3 Å². The highest BCUT2D eigenvalue weighted by molar-refractivity contribution is 5.69. The van der Waals surface area contributed by atoms with Gasteiger partial charge in [-0.3, -0.25) is 9.69 Å². The molecule has 0 aromatic heterocycles.